The molecule has 0 radical (unpaired) electrons. The Morgan fingerprint density at radius 2 is 1.79 bits per heavy atom. The summed E-state index contributed by atoms with van der Waals surface area (Å²) in [5.41, 5.74) is 9.62. The molecule has 0 spiro atoms. The second kappa shape index (κ2) is 13.2. The summed E-state index contributed by atoms with van der Waals surface area (Å²) in [5, 5.41) is 10.4. The third-order valence-electron chi connectivity index (χ3n) is 11.0. The predicted molar refractivity (Wildman–Crippen MR) is 184 cm³/mol. The van der Waals surface area contributed by atoms with Gasteiger partial charge in [-0.15, -0.1) is 17.8 Å². The zero-order chi connectivity index (χ0) is 32.8. The second-order valence-corrected chi connectivity index (χ2v) is 14.9. The summed E-state index contributed by atoms with van der Waals surface area (Å²) in [6.45, 7) is 5.12. The number of benzene rings is 1. The third-order valence-corrected chi connectivity index (χ3v) is 12.1. The third kappa shape index (κ3) is 6.38. The summed E-state index contributed by atoms with van der Waals surface area (Å²) < 4.78 is 0. The van der Waals surface area contributed by atoms with E-state index in [0.29, 0.717) is 80.0 Å². The summed E-state index contributed by atoms with van der Waals surface area (Å²) in [4.78, 5) is 51.3. The first-order valence-electron chi connectivity index (χ1n) is 16.7. The Labute approximate surface area is 285 Å². The quantitative estimate of drug-likeness (QED) is 0.318. The lowest BCUT2D eigenvalue weighted by Crippen LogP contribution is -2.58. The van der Waals surface area contributed by atoms with Crippen LogP contribution in [0.25, 0.3) is 0 Å². The minimum atomic E-state index is -0.788. The van der Waals surface area contributed by atoms with Gasteiger partial charge in [-0.2, -0.15) is 0 Å². The van der Waals surface area contributed by atoms with Crippen LogP contribution in [0.5, 0.6) is 0 Å². The van der Waals surface area contributed by atoms with Crippen molar-refractivity contribution >= 4 is 52.3 Å². The van der Waals surface area contributed by atoms with Crippen molar-refractivity contribution in [1.29, 1.82) is 0 Å². The van der Waals surface area contributed by atoms with Gasteiger partial charge in [0.25, 0.3) is 0 Å². The van der Waals surface area contributed by atoms with Crippen molar-refractivity contribution in [1.82, 2.24) is 29.8 Å². The molecular weight excluding hydrogens is 636 g/mol. The molecule has 7 rings (SSSR count). The molecule has 250 valence electrons. The molecule has 1 aromatic carbocycles. The maximum Gasteiger partial charge on any atom is 0.322 e. The molecule has 5 amide bonds. The maximum absolute atomic E-state index is 14.1. The van der Waals surface area contributed by atoms with E-state index in [0.717, 1.165) is 42.7 Å². The number of amides is 5. The van der Waals surface area contributed by atoms with Crippen molar-refractivity contribution in [2.75, 3.05) is 57.4 Å². The highest BCUT2D eigenvalue weighted by molar-refractivity contribution is 7.08. The van der Waals surface area contributed by atoms with Gasteiger partial charge in [0.2, 0.25) is 5.91 Å². The number of carbonyl (C=O) groups excluding carboxylic acids is 3. The number of halogens is 1. The highest BCUT2D eigenvalue weighted by atomic mass is 35.5. The van der Waals surface area contributed by atoms with Gasteiger partial charge < -0.3 is 36.0 Å². The van der Waals surface area contributed by atoms with Crippen molar-refractivity contribution in [3.05, 3.63) is 44.6 Å². The van der Waals surface area contributed by atoms with E-state index < -0.39 is 6.04 Å². The molecule has 2 aromatic rings. The number of anilines is 2. The SMILES string of the molecule is C#Cc1cc(C[C@@H](NC(=O)N2CCC(N3Cc4cscc4NC3=O)CC2)C(=O)N2CCC(N3CC4CC3CN4C)CC2)cc(Cl)c1N. The number of rotatable bonds is 6. The largest absolute Gasteiger partial charge is 0.397 e. The van der Waals surface area contributed by atoms with Gasteiger partial charge in [-0.1, -0.05) is 17.5 Å². The summed E-state index contributed by atoms with van der Waals surface area (Å²) in [6, 6.07) is 4.12. The molecule has 2 bridgehead atoms. The summed E-state index contributed by atoms with van der Waals surface area (Å²) in [6.07, 6.45) is 10.4. The lowest BCUT2D eigenvalue weighted by Gasteiger charge is -2.43. The molecule has 13 heteroatoms. The van der Waals surface area contributed by atoms with Crippen LogP contribution in [0.3, 0.4) is 0 Å². The average molecular weight is 679 g/mol. The topological polar surface area (TPSA) is 117 Å². The Hall–Kier alpha value is -3.50. The summed E-state index contributed by atoms with van der Waals surface area (Å²) in [7, 11) is 2.22. The van der Waals surface area contributed by atoms with E-state index in [2.05, 4.69) is 38.8 Å². The molecule has 4 saturated heterocycles. The smallest absolute Gasteiger partial charge is 0.322 e. The van der Waals surface area contributed by atoms with E-state index >= 15 is 0 Å². The van der Waals surface area contributed by atoms with Gasteiger partial charge in [-0.05, 0) is 62.2 Å². The molecule has 4 N–H and O–H groups in total. The summed E-state index contributed by atoms with van der Waals surface area (Å²) >= 11 is 7.99. The van der Waals surface area contributed by atoms with E-state index in [1.165, 1.54) is 6.42 Å². The van der Waals surface area contributed by atoms with Gasteiger partial charge in [0.1, 0.15) is 6.04 Å². The van der Waals surface area contributed by atoms with Crippen LogP contribution >= 0.6 is 22.9 Å². The first-order valence-corrected chi connectivity index (χ1v) is 18.0. The van der Waals surface area contributed by atoms with Crippen LogP contribution in [0, 0.1) is 12.3 Å². The first kappa shape index (κ1) is 32.1. The number of nitrogens with one attached hydrogen (secondary N) is 2. The molecule has 2 unspecified atom stereocenters. The van der Waals surface area contributed by atoms with E-state index in [9.17, 15) is 14.4 Å². The number of piperazine rings is 1. The number of thiophene rings is 1. The van der Waals surface area contributed by atoms with Crippen molar-refractivity contribution in [3.63, 3.8) is 0 Å². The first-order chi connectivity index (χ1) is 22.7. The normalized spacial score (nSPS) is 24.6. The number of likely N-dealkylation sites (N-methyl/N-ethyl adjacent to an activating group) is 1. The highest BCUT2D eigenvalue weighted by Gasteiger charge is 2.45. The Balaban J connectivity index is 1.00. The molecule has 0 aliphatic carbocycles. The standard InChI is InChI=1S/C34H43ClN8O3S/c1-3-22-12-21(13-28(35)31(22)36)14-29(32(44)40-8-4-24(5-9-40)42-18-26-15-27(42)17-39(26)2)37-33(45)41-10-6-25(7-11-41)43-16-23-19-47-20-30(23)38-34(43)46/h1,12-13,19-20,24-27,29H,4-11,14-18,36H2,2H3,(H,37,45)(H,38,46)/t26?,27?,29-/m1/s1. The molecule has 1 aromatic heterocycles. The fourth-order valence-electron chi connectivity index (χ4n) is 8.24. The highest BCUT2D eigenvalue weighted by Crippen LogP contribution is 2.34. The number of urea groups is 2. The van der Waals surface area contributed by atoms with Crippen LogP contribution < -0.4 is 16.4 Å². The van der Waals surface area contributed by atoms with Gasteiger partial charge in [0, 0.05) is 86.4 Å². The number of nitrogens with two attached hydrogens (primary N) is 1. The minimum Gasteiger partial charge on any atom is -0.397 e. The monoisotopic (exact) mass is 678 g/mol. The molecule has 11 nitrogen and oxygen atoms in total. The van der Waals surface area contributed by atoms with Gasteiger partial charge in [0.15, 0.2) is 0 Å². The van der Waals surface area contributed by atoms with Crippen molar-refractivity contribution < 1.29 is 14.4 Å². The number of terminal acetylenes is 1. The molecule has 3 atom stereocenters. The maximum atomic E-state index is 14.1. The Bertz CT molecular complexity index is 1580. The number of likely N-dealkylation sites (tertiary alicyclic amines) is 4. The molecule has 0 saturated carbocycles. The van der Waals surface area contributed by atoms with Crippen LogP contribution in [0.15, 0.2) is 22.9 Å². The number of nitrogens with zero attached hydrogens (tertiary/aromatic N) is 5. The Morgan fingerprint density at radius 3 is 2.47 bits per heavy atom. The van der Waals surface area contributed by atoms with Gasteiger partial charge in [0.05, 0.1) is 22.9 Å². The van der Waals surface area contributed by atoms with Crippen LogP contribution in [0.1, 0.15) is 48.8 Å². The molecule has 47 heavy (non-hydrogen) atoms. The zero-order valence-electron chi connectivity index (χ0n) is 26.8. The van der Waals surface area contributed by atoms with Crippen LogP contribution in [0.2, 0.25) is 5.02 Å². The van der Waals surface area contributed by atoms with Gasteiger partial charge in [-0.3, -0.25) is 9.69 Å². The van der Waals surface area contributed by atoms with Crippen LogP contribution in [-0.2, 0) is 17.8 Å². The van der Waals surface area contributed by atoms with Crippen molar-refractivity contribution in [2.45, 2.75) is 75.3 Å². The Kier molecular flexibility index (Phi) is 9.00. The number of carbonyl (C=O) groups is 3. The minimum absolute atomic E-state index is 0.0381. The lowest BCUT2D eigenvalue weighted by atomic mass is 9.98. The molecule has 6 heterocycles. The van der Waals surface area contributed by atoms with E-state index in [1.807, 2.05) is 15.2 Å². The summed E-state index contributed by atoms with van der Waals surface area (Å²) in [5.74, 6) is 2.48. The number of nitrogen functional groups attached to an aromatic ring is 1. The van der Waals surface area contributed by atoms with Crippen LogP contribution in [0.4, 0.5) is 21.0 Å². The van der Waals surface area contributed by atoms with E-state index in [4.69, 9.17) is 23.8 Å². The number of fused-ring (bicyclic) bond motifs is 3. The Morgan fingerprint density at radius 1 is 1.06 bits per heavy atom. The fourth-order valence-corrected chi connectivity index (χ4v) is 9.27. The zero-order valence-corrected chi connectivity index (χ0v) is 28.4. The van der Waals surface area contributed by atoms with E-state index in [-0.39, 0.29) is 30.4 Å². The predicted octanol–water partition coefficient (Wildman–Crippen LogP) is 3.48. The van der Waals surface area contributed by atoms with Gasteiger partial charge >= 0.3 is 12.1 Å². The fraction of sp³-hybridized carbons (Fsp3) is 0.559. The van der Waals surface area contributed by atoms with Crippen molar-refractivity contribution in [3.8, 4) is 12.3 Å². The average Bonchev–Trinajstić information content (AvgIpc) is 3.81. The van der Waals surface area contributed by atoms with Gasteiger partial charge in [-0.25, -0.2) is 9.59 Å². The van der Waals surface area contributed by atoms with E-state index in [1.54, 1.807) is 28.4 Å². The van der Waals surface area contributed by atoms with Crippen molar-refractivity contribution in [2.24, 2.45) is 0 Å². The lowest BCUT2D eigenvalue weighted by molar-refractivity contribution is -0.135. The number of hydrogen-bond acceptors (Lipinski definition) is 7. The van der Waals surface area contributed by atoms with Crippen LogP contribution in [-0.4, -0.2) is 119 Å². The number of piperidine rings is 2. The number of hydrogen-bond donors (Lipinski definition) is 3. The molecule has 4 fully saturated rings. The molecule has 5 aliphatic rings. The molecular formula is C34H43ClN8O3S. The second-order valence-electron chi connectivity index (χ2n) is 13.7. The molecule has 5 aliphatic heterocycles.